The second kappa shape index (κ2) is 5.64. The average Bonchev–Trinajstić information content (AvgIpc) is 2.37. The molecule has 100 valence electrons. The van der Waals surface area contributed by atoms with Crippen LogP contribution >= 0.6 is 31.9 Å². The number of nitrogens with two attached hydrogens (primary N) is 1. The van der Waals surface area contributed by atoms with Crippen LogP contribution in [-0.2, 0) is 0 Å². The van der Waals surface area contributed by atoms with Crippen molar-refractivity contribution in [2.24, 2.45) is 5.73 Å². The third kappa shape index (κ3) is 2.85. The first-order valence-electron chi connectivity index (χ1n) is 5.25. The summed E-state index contributed by atoms with van der Waals surface area (Å²) < 4.78 is 41.5. The van der Waals surface area contributed by atoms with Crippen LogP contribution in [-0.4, -0.2) is 0 Å². The van der Waals surface area contributed by atoms with Crippen LogP contribution in [0.15, 0.2) is 39.3 Å². The summed E-state index contributed by atoms with van der Waals surface area (Å²) in [6.45, 7) is 0. The molecule has 0 saturated heterocycles. The summed E-state index contributed by atoms with van der Waals surface area (Å²) in [7, 11) is 0. The molecule has 0 aliphatic carbocycles. The van der Waals surface area contributed by atoms with Crippen molar-refractivity contribution < 1.29 is 13.2 Å². The van der Waals surface area contributed by atoms with Crippen LogP contribution in [0.5, 0.6) is 0 Å². The molecule has 1 atom stereocenters. The van der Waals surface area contributed by atoms with E-state index in [-0.39, 0.29) is 15.6 Å². The smallest absolute Gasteiger partial charge is 0.145 e. The highest BCUT2D eigenvalue weighted by Crippen LogP contribution is 2.32. The van der Waals surface area contributed by atoms with Gasteiger partial charge in [-0.05, 0) is 51.8 Å². The van der Waals surface area contributed by atoms with E-state index >= 15 is 0 Å². The second-order valence-corrected chi connectivity index (χ2v) is 5.61. The number of hydrogen-bond acceptors (Lipinski definition) is 1. The van der Waals surface area contributed by atoms with Crippen LogP contribution in [0.25, 0.3) is 0 Å². The summed E-state index contributed by atoms with van der Waals surface area (Å²) in [6.07, 6.45) is 0. The SMILES string of the molecule is NC(c1cc(F)ccc1Br)c1c(F)ccc(Br)c1F. The molecule has 0 spiro atoms. The molecule has 1 nitrogen and oxygen atoms in total. The lowest BCUT2D eigenvalue weighted by Gasteiger charge is -2.16. The largest absolute Gasteiger partial charge is 0.320 e. The molecule has 0 aliphatic heterocycles. The molecule has 2 N–H and O–H groups in total. The Morgan fingerprint density at radius 1 is 0.947 bits per heavy atom. The zero-order chi connectivity index (χ0) is 14.2. The zero-order valence-corrected chi connectivity index (χ0v) is 12.6. The summed E-state index contributed by atoms with van der Waals surface area (Å²) in [5, 5.41) is 0. The average molecular weight is 395 g/mol. The Bertz CT molecular complexity index is 632. The van der Waals surface area contributed by atoms with E-state index in [1.165, 1.54) is 18.2 Å². The third-order valence-corrected chi connectivity index (χ3v) is 4.02. The van der Waals surface area contributed by atoms with Gasteiger partial charge in [-0.25, -0.2) is 13.2 Å². The highest BCUT2D eigenvalue weighted by Gasteiger charge is 2.22. The molecule has 19 heavy (non-hydrogen) atoms. The first-order valence-corrected chi connectivity index (χ1v) is 6.84. The monoisotopic (exact) mass is 393 g/mol. The molecule has 0 radical (unpaired) electrons. The fourth-order valence-corrected chi connectivity index (χ4v) is 2.58. The van der Waals surface area contributed by atoms with Crippen molar-refractivity contribution in [2.75, 3.05) is 0 Å². The number of hydrogen-bond donors (Lipinski definition) is 1. The van der Waals surface area contributed by atoms with Crippen molar-refractivity contribution in [3.63, 3.8) is 0 Å². The molecule has 0 amide bonds. The molecule has 2 aromatic rings. The quantitative estimate of drug-likeness (QED) is 0.735. The van der Waals surface area contributed by atoms with E-state index in [1.54, 1.807) is 0 Å². The van der Waals surface area contributed by atoms with Crippen molar-refractivity contribution in [3.8, 4) is 0 Å². The molecule has 1 unspecified atom stereocenters. The lowest BCUT2D eigenvalue weighted by molar-refractivity contribution is 0.537. The van der Waals surface area contributed by atoms with Gasteiger partial charge in [0.05, 0.1) is 10.5 Å². The van der Waals surface area contributed by atoms with Crippen molar-refractivity contribution in [1.29, 1.82) is 0 Å². The van der Waals surface area contributed by atoms with Gasteiger partial charge in [-0.3, -0.25) is 0 Å². The van der Waals surface area contributed by atoms with Crippen LogP contribution in [0, 0.1) is 17.5 Å². The van der Waals surface area contributed by atoms with E-state index in [2.05, 4.69) is 31.9 Å². The fourth-order valence-electron chi connectivity index (χ4n) is 1.74. The van der Waals surface area contributed by atoms with Gasteiger partial charge in [-0.1, -0.05) is 15.9 Å². The minimum absolute atomic E-state index is 0.104. The summed E-state index contributed by atoms with van der Waals surface area (Å²) >= 11 is 6.16. The molecule has 0 fully saturated rings. The van der Waals surface area contributed by atoms with E-state index in [0.29, 0.717) is 4.47 Å². The van der Waals surface area contributed by atoms with Crippen LogP contribution < -0.4 is 5.73 Å². The Kier molecular flexibility index (Phi) is 4.32. The molecular formula is C13H8Br2F3N. The Morgan fingerprint density at radius 3 is 2.26 bits per heavy atom. The summed E-state index contributed by atoms with van der Waals surface area (Å²) in [5.74, 6) is -2.09. The fraction of sp³-hybridized carbons (Fsp3) is 0.0769. The predicted molar refractivity (Wildman–Crippen MR) is 74.2 cm³/mol. The van der Waals surface area contributed by atoms with Gasteiger partial charge in [0, 0.05) is 10.0 Å². The first-order chi connectivity index (χ1) is 8.91. The van der Waals surface area contributed by atoms with Crippen molar-refractivity contribution in [3.05, 3.63) is 67.9 Å². The second-order valence-electron chi connectivity index (χ2n) is 3.90. The van der Waals surface area contributed by atoms with Gasteiger partial charge < -0.3 is 5.73 Å². The third-order valence-electron chi connectivity index (χ3n) is 2.68. The normalized spacial score (nSPS) is 12.5. The topological polar surface area (TPSA) is 26.0 Å². The predicted octanol–water partition coefficient (Wildman–Crippen LogP) is 4.68. The van der Waals surface area contributed by atoms with E-state index in [0.717, 1.165) is 12.1 Å². The highest BCUT2D eigenvalue weighted by molar-refractivity contribution is 9.10. The Morgan fingerprint density at radius 2 is 1.58 bits per heavy atom. The maximum absolute atomic E-state index is 14.0. The molecule has 0 aromatic heterocycles. The summed E-state index contributed by atoms with van der Waals surface area (Å²) in [6, 6.07) is 5.07. The van der Waals surface area contributed by atoms with E-state index in [9.17, 15) is 13.2 Å². The molecule has 0 saturated carbocycles. The Balaban J connectivity index is 2.59. The molecular weight excluding hydrogens is 387 g/mol. The highest BCUT2D eigenvalue weighted by atomic mass is 79.9. The lowest BCUT2D eigenvalue weighted by atomic mass is 9.98. The first kappa shape index (κ1) is 14.6. The van der Waals surface area contributed by atoms with Crippen molar-refractivity contribution in [1.82, 2.24) is 0 Å². The molecule has 6 heteroatoms. The van der Waals surface area contributed by atoms with Gasteiger partial charge in [0.2, 0.25) is 0 Å². The van der Waals surface area contributed by atoms with Crippen LogP contribution in [0.4, 0.5) is 13.2 Å². The molecule has 0 aliphatic rings. The number of rotatable bonds is 2. The Labute approximate surface area is 124 Å². The van der Waals surface area contributed by atoms with Gasteiger partial charge in [-0.2, -0.15) is 0 Å². The van der Waals surface area contributed by atoms with E-state index in [1.807, 2.05) is 0 Å². The van der Waals surface area contributed by atoms with Crippen LogP contribution in [0.3, 0.4) is 0 Å². The Hall–Kier alpha value is -0.850. The van der Waals surface area contributed by atoms with Gasteiger partial charge in [-0.15, -0.1) is 0 Å². The molecule has 0 heterocycles. The summed E-state index contributed by atoms with van der Waals surface area (Å²) in [4.78, 5) is 0. The zero-order valence-electron chi connectivity index (χ0n) is 9.43. The molecule has 2 rings (SSSR count). The van der Waals surface area contributed by atoms with Crippen LogP contribution in [0.1, 0.15) is 17.2 Å². The lowest BCUT2D eigenvalue weighted by Crippen LogP contribution is -2.16. The van der Waals surface area contributed by atoms with Gasteiger partial charge >= 0.3 is 0 Å². The molecule has 0 bridgehead atoms. The number of benzene rings is 2. The van der Waals surface area contributed by atoms with E-state index < -0.39 is 23.5 Å². The standard InChI is InChI=1S/C13H8Br2F3N/c14-8-2-1-6(16)5-7(8)13(19)11-10(17)4-3-9(15)12(11)18/h1-5,13H,19H2. The van der Waals surface area contributed by atoms with E-state index in [4.69, 9.17) is 5.73 Å². The maximum Gasteiger partial charge on any atom is 0.145 e. The van der Waals surface area contributed by atoms with Crippen molar-refractivity contribution >= 4 is 31.9 Å². The number of halogens is 5. The van der Waals surface area contributed by atoms with Gasteiger partial charge in [0.25, 0.3) is 0 Å². The summed E-state index contributed by atoms with van der Waals surface area (Å²) in [5.41, 5.74) is 5.83. The van der Waals surface area contributed by atoms with Crippen molar-refractivity contribution in [2.45, 2.75) is 6.04 Å². The van der Waals surface area contributed by atoms with Gasteiger partial charge in [0.15, 0.2) is 0 Å². The maximum atomic E-state index is 14.0. The minimum Gasteiger partial charge on any atom is -0.320 e. The minimum atomic E-state index is -1.11. The van der Waals surface area contributed by atoms with Gasteiger partial charge in [0.1, 0.15) is 17.5 Å². The molecule has 2 aromatic carbocycles. The van der Waals surface area contributed by atoms with Crippen LogP contribution in [0.2, 0.25) is 0 Å².